The molecule has 1 atom stereocenters. The highest BCUT2D eigenvalue weighted by atomic mass is 19.1. The normalized spacial score (nSPS) is 22.2. The minimum absolute atomic E-state index is 0.329. The summed E-state index contributed by atoms with van der Waals surface area (Å²) in [6.07, 6.45) is 2.65. The van der Waals surface area contributed by atoms with E-state index in [0.717, 1.165) is 25.1 Å². The van der Waals surface area contributed by atoms with Gasteiger partial charge in [-0.1, -0.05) is 0 Å². The molecular weight excluding hydrogens is 167 g/mol. The van der Waals surface area contributed by atoms with Crippen LogP contribution in [0.15, 0.2) is 12.3 Å². The van der Waals surface area contributed by atoms with E-state index < -0.39 is 0 Å². The lowest BCUT2D eigenvalue weighted by molar-refractivity contribution is 0.567. The first-order valence-electron chi connectivity index (χ1n) is 4.61. The van der Waals surface area contributed by atoms with Crippen LogP contribution < -0.4 is 5.32 Å². The molecule has 2 nitrogen and oxygen atoms in total. The van der Waals surface area contributed by atoms with Gasteiger partial charge in [0, 0.05) is 18.3 Å². The van der Waals surface area contributed by atoms with Gasteiger partial charge in [-0.25, -0.2) is 4.98 Å². The molecular formula is C10H13FN2. The maximum atomic E-state index is 13.1. The predicted octanol–water partition coefficient (Wildman–Crippen LogP) is 1.61. The fourth-order valence-electron chi connectivity index (χ4n) is 1.89. The third kappa shape index (κ3) is 1.56. The summed E-state index contributed by atoms with van der Waals surface area (Å²) in [6, 6.07) is 1.93. The number of hydrogen-bond donors (Lipinski definition) is 1. The number of halogens is 1. The third-order valence-electron chi connectivity index (χ3n) is 2.68. The van der Waals surface area contributed by atoms with Gasteiger partial charge < -0.3 is 5.32 Å². The Kier molecular flexibility index (Phi) is 2.27. The second-order valence-electron chi connectivity index (χ2n) is 3.51. The number of hydrogen-bond acceptors (Lipinski definition) is 2. The van der Waals surface area contributed by atoms with Crippen molar-refractivity contribution in [3.8, 4) is 0 Å². The van der Waals surface area contributed by atoms with Gasteiger partial charge in [0.25, 0.3) is 0 Å². The topological polar surface area (TPSA) is 24.9 Å². The van der Waals surface area contributed by atoms with Crippen LogP contribution in [0.25, 0.3) is 0 Å². The summed E-state index contributed by atoms with van der Waals surface area (Å²) in [5.74, 6) is 0.141. The molecule has 3 heteroatoms. The lowest BCUT2D eigenvalue weighted by atomic mass is 9.96. The molecule has 1 aromatic rings. The summed E-state index contributed by atoms with van der Waals surface area (Å²) < 4.78 is 13.1. The molecule has 1 aliphatic heterocycles. The Morgan fingerprint density at radius 3 is 3.15 bits per heavy atom. The Bertz CT molecular complexity index is 306. The van der Waals surface area contributed by atoms with E-state index in [2.05, 4.69) is 10.3 Å². The van der Waals surface area contributed by atoms with Crippen LogP contribution in [0, 0.1) is 12.9 Å². The highest BCUT2D eigenvalue weighted by Crippen LogP contribution is 2.25. The zero-order valence-corrected chi connectivity index (χ0v) is 7.68. The fourth-order valence-corrected chi connectivity index (χ4v) is 1.89. The van der Waals surface area contributed by atoms with E-state index in [0.29, 0.717) is 11.5 Å². The van der Waals surface area contributed by atoms with E-state index in [1.54, 1.807) is 13.1 Å². The number of nitrogens with one attached hydrogen (secondary N) is 1. The molecule has 0 bridgehead atoms. The van der Waals surface area contributed by atoms with Crippen LogP contribution in [0.1, 0.15) is 23.5 Å². The lowest BCUT2D eigenvalue weighted by Gasteiger charge is -2.11. The maximum absolute atomic E-state index is 13.1. The largest absolute Gasteiger partial charge is 0.316 e. The summed E-state index contributed by atoms with van der Waals surface area (Å²) in [5.41, 5.74) is 1.81. The standard InChI is InChI=1S/C10H13FN2/c1-7-9(3-5-13-10(7)11)8-2-4-12-6-8/h3,5,8,12H,2,4,6H2,1H3. The molecule has 1 unspecified atom stereocenters. The second kappa shape index (κ2) is 3.42. The summed E-state index contributed by atoms with van der Waals surface area (Å²) >= 11 is 0. The quantitative estimate of drug-likeness (QED) is 0.664. The van der Waals surface area contributed by atoms with E-state index in [1.165, 1.54) is 0 Å². The Hall–Kier alpha value is -0.960. The average molecular weight is 180 g/mol. The van der Waals surface area contributed by atoms with Crippen LogP contribution in [0.4, 0.5) is 4.39 Å². The predicted molar refractivity (Wildman–Crippen MR) is 49.2 cm³/mol. The zero-order valence-electron chi connectivity index (χ0n) is 7.68. The first kappa shape index (κ1) is 8.63. The molecule has 13 heavy (non-hydrogen) atoms. The monoisotopic (exact) mass is 180 g/mol. The Morgan fingerprint density at radius 2 is 2.46 bits per heavy atom. The minimum atomic E-state index is -0.329. The van der Waals surface area contributed by atoms with Crippen molar-refractivity contribution in [2.75, 3.05) is 13.1 Å². The van der Waals surface area contributed by atoms with Crippen molar-refractivity contribution >= 4 is 0 Å². The molecule has 0 aliphatic carbocycles. The van der Waals surface area contributed by atoms with Crippen molar-refractivity contribution in [3.05, 3.63) is 29.3 Å². The molecule has 1 aliphatic rings. The summed E-state index contributed by atoms with van der Waals surface area (Å²) in [7, 11) is 0. The molecule has 2 heterocycles. The van der Waals surface area contributed by atoms with Crippen molar-refractivity contribution in [1.82, 2.24) is 10.3 Å². The van der Waals surface area contributed by atoms with Gasteiger partial charge in [0.05, 0.1) is 0 Å². The van der Waals surface area contributed by atoms with E-state index in [-0.39, 0.29) is 5.95 Å². The minimum Gasteiger partial charge on any atom is -0.316 e. The zero-order chi connectivity index (χ0) is 9.26. The highest BCUT2D eigenvalue weighted by Gasteiger charge is 2.19. The van der Waals surface area contributed by atoms with Crippen LogP contribution in [0.3, 0.4) is 0 Å². The Labute approximate surface area is 77.2 Å². The van der Waals surface area contributed by atoms with Gasteiger partial charge in [-0.2, -0.15) is 4.39 Å². The van der Waals surface area contributed by atoms with Crippen LogP contribution in [-0.4, -0.2) is 18.1 Å². The van der Waals surface area contributed by atoms with Gasteiger partial charge in [0.1, 0.15) is 0 Å². The Balaban J connectivity index is 2.33. The first-order valence-corrected chi connectivity index (χ1v) is 4.61. The molecule has 70 valence electrons. The molecule has 0 saturated carbocycles. The molecule has 2 rings (SSSR count). The van der Waals surface area contributed by atoms with Gasteiger partial charge in [-0.3, -0.25) is 0 Å². The van der Waals surface area contributed by atoms with Crippen molar-refractivity contribution in [2.24, 2.45) is 0 Å². The molecule has 0 amide bonds. The van der Waals surface area contributed by atoms with Crippen molar-refractivity contribution < 1.29 is 4.39 Å². The summed E-state index contributed by atoms with van der Waals surface area (Å²) in [4.78, 5) is 3.62. The second-order valence-corrected chi connectivity index (χ2v) is 3.51. The molecule has 1 saturated heterocycles. The average Bonchev–Trinajstić information content (AvgIpc) is 2.62. The summed E-state index contributed by atoms with van der Waals surface area (Å²) in [5, 5.41) is 3.27. The molecule has 0 spiro atoms. The van der Waals surface area contributed by atoms with Gasteiger partial charge in [0.2, 0.25) is 5.95 Å². The smallest absolute Gasteiger partial charge is 0.216 e. The van der Waals surface area contributed by atoms with E-state index in [4.69, 9.17) is 0 Å². The first-order chi connectivity index (χ1) is 6.29. The fraction of sp³-hybridized carbons (Fsp3) is 0.500. The van der Waals surface area contributed by atoms with Crippen molar-refractivity contribution in [1.29, 1.82) is 0 Å². The summed E-state index contributed by atoms with van der Waals surface area (Å²) in [6.45, 7) is 3.80. The van der Waals surface area contributed by atoms with Crippen LogP contribution in [0.5, 0.6) is 0 Å². The SMILES string of the molecule is Cc1c(C2CCNC2)ccnc1F. The Morgan fingerprint density at radius 1 is 1.62 bits per heavy atom. The lowest BCUT2D eigenvalue weighted by Crippen LogP contribution is -2.09. The van der Waals surface area contributed by atoms with Gasteiger partial charge in [-0.05, 0) is 37.4 Å². The maximum Gasteiger partial charge on any atom is 0.216 e. The van der Waals surface area contributed by atoms with E-state index >= 15 is 0 Å². The number of rotatable bonds is 1. The van der Waals surface area contributed by atoms with Gasteiger partial charge in [0.15, 0.2) is 0 Å². The third-order valence-corrected chi connectivity index (χ3v) is 2.68. The van der Waals surface area contributed by atoms with Crippen LogP contribution >= 0.6 is 0 Å². The molecule has 0 radical (unpaired) electrons. The molecule has 0 aromatic carbocycles. The van der Waals surface area contributed by atoms with Gasteiger partial charge >= 0.3 is 0 Å². The highest BCUT2D eigenvalue weighted by molar-refractivity contribution is 5.28. The molecule has 1 N–H and O–H groups in total. The van der Waals surface area contributed by atoms with Crippen molar-refractivity contribution in [3.63, 3.8) is 0 Å². The van der Waals surface area contributed by atoms with Crippen LogP contribution in [0.2, 0.25) is 0 Å². The van der Waals surface area contributed by atoms with E-state index in [9.17, 15) is 4.39 Å². The number of aromatic nitrogens is 1. The van der Waals surface area contributed by atoms with Gasteiger partial charge in [-0.15, -0.1) is 0 Å². The van der Waals surface area contributed by atoms with Crippen LogP contribution in [-0.2, 0) is 0 Å². The number of nitrogens with zero attached hydrogens (tertiary/aromatic N) is 1. The molecule has 1 fully saturated rings. The van der Waals surface area contributed by atoms with Crippen molar-refractivity contribution in [2.45, 2.75) is 19.3 Å². The molecule has 1 aromatic heterocycles. The number of pyridine rings is 1. The van der Waals surface area contributed by atoms with E-state index in [1.807, 2.05) is 6.07 Å².